The molecule has 0 aliphatic heterocycles. The van der Waals surface area contributed by atoms with E-state index in [0.717, 1.165) is 83.5 Å². The zero-order valence-corrected chi connectivity index (χ0v) is 41.4. The molecule has 0 radical (unpaired) electrons. The highest BCUT2D eigenvalue weighted by atomic mass is 16.6. The first-order valence-corrected chi connectivity index (χ1v) is 27.0. The fourth-order valence-electron chi connectivity index (χ4n) is 7.80. The molecule has 0 fully saturated rings. The summed E-state index contributed by atoms with van der Waals surface area (Å²) in [6, 6.07) is 0. The number of ether oxygens (including phenoxy) is 3. The number of hydrogen-bond acceptors (Lipinski definition) is 6. The first kappa shape index (κ1) is 59.6. The van der Waals surface area contributed by atoms with E-state index in [0.29, 0.717) is 19.3 Å². The Balaban J connectivity index is 4.34. The molecule has 1 atom stereocenters. The third kappa shape index (κ3) is 48.7. The highest BCUT2D eigenvalue weighted by Gasteiger charge is 2.19. The van der Waals surface area contributed by atoms with E-state index < -0.39 is 6.10 Å². The molecular formula is C56H102O6. The predicted octanol–water partition coefficient (Wildman–Crippen LogP) is 17.7. The van der Waals surface area contributed by atoms with Crippen LogP contribution in [-0.2, 0) is 28.6 Å². The SMILES string of the molecule is CCCCC/C=C\C/C=C\C/C=C\CCCCCCC(=O)OC[C@@H](COC(=O)CCCCCCCCCCCC)OC(=O)CCCCCCCCCCCCCCCCCCC. The quantitative estimate of drug-likeness (QED) is 0.0262. The van der Waals surface area contributed by atoms with Crippen molar-refractivity contribution in [2.24, 2.45) is 0 Å². The molecule has 6 nitrogen and oxygen atoms in total. The van der Waals surface area contributed by atoms with Gasteiger partial charge in [0.2, 0.25) is 0 Å². The summed E-state index contributed by atoms with van der Waals surface area (Å²) < 4.78 is 16.8. The normalized spacial score (nSPS) is 12.2. The summed E-state index contributed by atoms with van der Waals surface area (Å²) in [5.41, 5.74) is 0. The Morgan fingerprint density at radius 2 is 0.581 bits per heavy atom. The van der Waals surface area contributed by atoms with Crippen molar-refractivity contribution in [3.05, 3.63) is 36.5 Å². The van der Waals surface area contributed by atoms with Gasteiger partial charge in [-0.2, -0.15) is 0 Å². The first-order valence-electron chi connectivity index (χ1n) is 27.0. The molecule has 0 aliphatic carbocycles. The standard InChI is InChI=1S/C56H102O6/c1-4-7-10-13-16-19-22-24-26-28-30-32-34-37-40-43-46-49-55(58)61-52-53(51-60-54(57)48-45-42-39-36-21-18-15-12-9-6-3)62-56(59)50-47-44-41-38-35-33-31-29-27-25-23-20-17-14-11-8-5-2/h16,19,24,26,30,32,53H,4-15,17-18,20-23,25,27-29,31,33-52H2,1-3H3/b19-16-,26-24-,32-30-/t53-/m1/s1. The van der Waals surface area contributed by atoms with E-state index in [1.807, 2.05) is 0 Å². The predicted molar refractivity (Wildman–Crippen MR) is 266 cm³/mol. The summed E-state index contributed by atoms with van der Waals surface area (Å²) in [4.78, 5) is 38.0. The van der Waals surface area contributed by atoms with Crippen LogP contribution in [0.2, 0.25) is 0 Å². The molecule has 6 heteroatoms. The molecule has 62 heavy (non-hydrogen) atoms. The molecule has 0 saturated heterocycles. The monoisotopic (exact) mass is 871 g/mol. The number of carbonyl (C=O) groups is 3. The third-order valence-corrected chi connectivity index (χ3v) is 11.9. The van der Waals surface area contributed by atoms with Gasteiger partial charge < -0.3 is 14.2 Å². The second-order valence-electron chi connectivity index (χ2n) is 18.2. The van der Waals surface area contributed by atoms with Crippen molar-refractivity contribution >= 4 is 17.9 Å². The van der Waals surface area contributed by atoms with Gasteiger partial charge in [0.15, 0.2) is 6.10 Å². The highest BCUT2D eigenvalue weighted by Crippen LogP contribution is 2.16. The van der Waals surface area contributed by atoms with Crippen LogP contribution in [0.4, 0.5) is 0 Å². The Hall–Kier alpha value is -2.37. The Morgan fingerprint density at radius 1 is 0.323 bits per heavy atom. The Morgan fingerprint density at radius 3 is 0.935 bits per heavy atom. The molecular weight excluding hydrogens is 769 g/mol. The van der Waals surface area contributed by atoms with Gasteiger partial charge in [-0.25, -0.2) is 0 Å². The number of unbranched alkanes of at least 4 members (excludes halogenated alkanes) is 32. The third-order valence-electron chi connectivity index (χ3n) is 11.9. The lowest BCUT2D eigenvalue weighted by Gasteiger charge is -2.18. The average Bonchev–Trinajstić information content (AvgIpc) is 3.27. The molecule has 0 heterocycles. The van der Waals surface area contributed by atoms with E-state index in [9.17, 15) is 14.4 Å². The van der Waals surface area contributed by atoms with Crippen molar-refractivity contribution in [1.82, 2.24) is 0 Å². The molecule has 0 bridgehead atoms. The van der Waals surface area contributed by atoms with E-state index in [1.165, 1.54) is 161 Å². The van der Waals surface area contributed by atoms with Crippen LogP contribution in [0.3, 0.4) is 0 Å². The fraction of sp³-hybridized carbons (Fsp3) is 0.839. The molecule has 0 spiro atoms. The lowest BCUT2D eigenvalue weighted by Crippen LogP contribution is -2.30. The van der Waals surface area contributed by atoms with Crippen LogP contribution in [0.15, 0.2) is 36.5 Å². The lowest BCUT2D eigenvalue weighted by molar-refractivity contribution is -0.167. The van der Waals surface area contributed by atoms with Crippen LogP contribution in [0.25, 0.3) is 0 Å². The van der Waals surface area contributed by atoms with Gasteiger partial charge in [-0.05, 0) is 57.8 Å². The molecule has 0 aliphatic rings. The van der Waals surface area contributed by atoms with E-state index in [4.69, 9.17) is 14.2 Å². The van der Waals surface area contributed by atoms with Gasteiger partial charge in [0, 0.05) is 19.3 Å². The van der Waals surface area contributed by atoms with E-state index in [-0.39, 0.29) is 31.1 Å². The van der Waals surface area contributed by atoms with Crippen LogP contribution in [-0.4, -0.2) is 37.2 Å². The van der Waals surface area contributed by atoms with Crippen molar-refractivity contribution in [2.45, 2.75) is 290 Å². The molecule has 0 aromatic rings. The lowest BCUT2D eigenvalue weighted by atomic mass is 10.0. The molecule has 0 aromatic carbocycles. The van der Waals surface area contributed by atoms with Crippen molar-refractivity contribution in [2.75, 3.05) is 13.2 Å². The maximum absolute atomic E-state index is 12.8. The number of hydrogen-bond donors (Lipinski definition) is 0. The molecule has 0 aromatic heterocycles. The van der Waals surface area contributed by atoms with Crippen LogP contribution in [0.5, 0.6) is 0 Å². The number of esters is 3. The van der Waals surface area contributed by atoms with E-state index in [2.05, 4.69) is 57.2 Å². The van der Waals surface area contributed by atoms with E-state index >= 15 is 0 Å². The first-order chi connectivity index (χ1) is 30.5. The maximum atomic E-state index is 12.8. The van der Waals surface area contributed by atoms with Gasteiger partial charge >= 0.3 is 17.9 Å². The van der Waals surface area contributed by atoms with Crippen molar-refractivity contribution in [3.63, 3.8) is 0 Å². The maximum Gasteiger partial charge on any atom is 0.306 e. The van der Waals surface area contributed by atoms with Crippen molar-refractivity contribution < 1.29 is 28.6 Å². The van der Waals surface area contributed by atoms with Gasteiger partial charge in [0.1, 0.15) is 13.2 Å². The molecule has 0 amide bonds. The van der Waals surface area contributed by atoms with Gasteiger partial charge in [-0.1, -0.05) is 243 Å². The zero-order valence-electron chi connectivity index (χ0n) is 41.4. The van der Waals surface area contributed by atoms with Crippen LogP contribution >= 0.6 is 0 Å². The van der Waals surface area contributed by atoms with Gasteiger partial charge in [0.25, 0.3) is 0 Å². The topological polar surface area (TPSA) is 78.9 Å². The molecule has 0 unspecified atom stereocenters. The molecule has 0 N–H and O–H groups in total. The number of allylic oxidation sites excluding steroid dienone is 6. The van der Waals surface area contributed by atoms with E-state index in [1.54, 1.807) is 0 Å². The molecule has 0 saturated carbocycles. The van der Waals surface area contributed by atoms with Gasteiger partial charge in [-0.3, -0.25) is 14.4 Å². The summed E-state index contributed by atoms with van der Waals surface area (Å²) >= 11 is 0. The zero-order chi connectivity index (χ0) is 45.1. The van der Waals surface area contributed by atoms with Crippen LogP contribution in [0, 0.1) is 0 Å². The molecule has 0 rings (SSSR count). The second kappa shape index (κ2) is 51.3. The summed E-state index contributed by atoms with van der Waals surface area (Å²) in [6.45, 7) is 6.61. The van der Waals surface area contributed by atoms with Gasteiger partial charge in [0.05, 0.1) is 0 Å². The Labute approximate surface area is 385 Å². The summed E-state index contributed by atoms with van der Waals surface area (Å²) in [5.74, 6) is -0.885. The van der Waals surface area contributed by atoms with Crippen LogP contribution < -0.4 is 0 Å². The van der Waals surface area contributed by atoms with Crippen molar-refractivity contribution in [1.29, 1.82) is 0 Å². The summed E-state index contributed by atoms with van der Waals surface area (Å²) in [5, 5.41) is 0. The van der Waals surface area contributed by atoms with Crippen molar-refractivity contribution in [3.8, 4) is 0 Å². The van der Waals surface area contributed by atoms with Gasteiger partial charge in [-0.15, -0.1) is 0 Å². The Bertz CT molecular complexity index is 1050. The average molecular weight is 871 g/mol. The largest absolute Gasteiger partial charge is 0.462 e. The smallest absolute Gasteiger partial charge is 0.306 e. The number of rotatable bonds is 49. The fourth-order valence-corrected chi connectivity index (χ4v) is 7.80. The minimum atomic E-state index is -0.775. The summed E-state index contributed by atoms with van der Waals surface area (Å²) in [6.07, 6.45) is 59.8. The molecule has 362 valence electrons. The Kier molecular flexibility index (Phi) is 49.3. The minimum Gasteiger partial charge on any atom is -0.462 e. The van der Waals surface area contributed by atoms with Crippen LogP contribution in [0.1, 0.15) is 284 Å². The highest BCUT2D eigenvalue weighted by molar-refractivity contribution is 5.71. The minimum absolute atomic E-state index is 0.0753. The number of carbonyl (C=O) groups excluding carboxylic acids is 3. The second-order valence-corrected chi connectivity index (χ2v) is 18.2. The summed E-state index contributed by atoms with van der Waals surface area (Å²) in [7, 11) is 0.